The van der Waals surface area contributed by atoms with Crippen LogP contribution in [0.25, 0.3) is 0 Å². The smallest absolute Gasteiger partial charge is 0.338 e. The summed E-state index contributed by atoms with van der Waals surface area (Å²) in [6.07, 6.45) is 1.83. The summed E-state index contributed by atoms with van der Waals surface area (Å²) in [5.74, 6) is -0.754. The minimum atomic E-state index is -3.89. The van der Waals surface area contributed by atoms with Crippen LogP contribution in [0.15, 0.2) is 46.2 Å². The molecule has 0 unspecified atom stereocenters. The summed E-state index contributed by atoms with van der Waals surface area (Å²) in [4.78, 5) is 24.0. The number of benzene rings is 2. The average molecular weight is 423 g/mol. The fourth-order valence-corrected chi connectivity index (χ4v) is 4.16. The molecule has 2 aromatic carbocycles. The van der Waals surface area contributed by atoms with E-state index in [1.807, 2.05) is 6.26 Å². The van der Waals surface area contributed by atoms with Crippen molar-refractivity contribution in [2.75, 3.05) is 22.9 Å². The van der Waals surface area contributed by atoms with Crippen LogP contribution in [0, 0.1) is 6.92 Å². The summed E-state index contributed by atoms with van der Waals surface area (Å²) in [7, 11) is -3.89. The standard InChI is InChI=1S/C19H22N2O5S2/c1-5-26-19(23)14-6-8-16(12(2)10-14)21-28(24,25)15-7-9-18(27-4)17(11-15)20-13(3)22/h6-11,21H,5H2,1-4H3,(H,20,22). The number of ether oxygens (including phenoxy) is 1. The molecule has 0 saturated heterocycles. The zero-order chi connectivity index (χ0) is 20.9. The van der Waals surface area contributed by atoms with Gasteiger partial charge in [0.25, 0.3) is 10.0 Å². The molecule has 150 valence electrons. The third-order valence-electron chi connectivity index (χ3n) is 3.77. The molecule has 0 atom stereocenters. The number of thioether (sulfide) groups is 1. The highest BCUT2D eigenvalue weighted by atomic mass is 32.2. The highest BCUT2D eigenvalue weighted by Crippen LogP contribution is 2.29. The Balaban J connectivity index is 2.33. The van der Waals surface area contributed by atoms with Gasteiger partial charge in [0.2, 0.25) is 5.91 Å². The number of rotatable bonds is 7. The highest BCUT2D eigenvalue weighted by Gasteiger charge is 2.18. The zero-order valence-corrected chi connectivity index (χ0v) is 17.7. The van der Waals surface area contributed by atoms with Crippen LogP contribution in [0.1, 0.15) is 29.8 Å². The summed E-state index contributed by atoms with van der Waals surface area (Å²) < 4.78 is 33.0. The molecular weight excluding hydrogens is 400 g/mol. The number of esters is 1. The second-order valence-corrected chi connectivity index (χ2v) is 8.43. The number of hydrogen-bond acceptors (Lipinski definition) is 6. The fraction of sp³-hybridized carbons (Fsp3) is 0.263. The molecule has 0 heterocycles. The third-order valence-corrected chi connectivity index (χ3v) is 5.93. The predicted molar refractivity (Wildman–Crippen MR) is 110 cm³/mol. The Kier molecular flexibility index (Phi) is 7.09. The van der Waals surface area contributed by atoms with Crippen molar-refractivity contribution in [1.29, 1.82) is 0 Å². The maximum absolute atomic E-state index is 12.8. The molecule has 7 nitrogen and oxygen atoms in total. The number of nitrogens with one attached hydrogen (secondary N) is 2. The van der Waals surface area contributed by atoms with E-state index in [1.165, 1.54) is 43.0 Å². The van der Waals surface area contributed by atoms with Crippen LogP contribution in [-0.2, 0) is 19.6 Å². The van der Waals surface area contributed by atoms with Crippen molar-refractivity contribution in [3.63, 3.8) is 0 Å². The van der Waals surface area contributed by atoms with Gasteiger partial charge in [-0.05, 0) is 62.1 Å². The number of sulfonamides is 1. The first-order valence-electron chi connectivity index (χ1n) is 8.44. The number of hydrogen-bond donors (Lipinski definition) is 2. The summed E-state index contributed by atoms with van der Waals surface area (Å²) in [5.41, 5.74) is 1.71. The lowest BCUT2D eigenvalue weighted by Crippen LogP contribution is -2.15. The third kappa shape index (κ3) is 5.26. The molecule has 2 N–H and O–H groups in total. The molecule has 0 radical (unpaired) electrons. The van der Waals surface area contributed by atoms with Gasteiger partial charge in [0.15, 0.2) is 0 Å². The minimum absolute atomic E-state index is 0.0166. The van der Waals surface area contributed by atoms with Crippen molar-refractivity contribution in [2.45, 2.75) is 30.6 Å². The summed E-state index contributed by atoms with van der Waals surface area (Å²) in [6, 6.07) is 9.11. The first-order valence-corrected chi connectivity index (χ1v) is 11.1. The van der Waals surface area contributed by atoms with Gasteiger partial charge in [-0.3, -0.25) is 9.52 Å². The summed E-state index contributed by atoms with van der Waals surface area (Å²) in [5, 5.41) is 2.64. The van der Waals surface area contributed by atoms with Gasteiger partial charge in [0.05, 0.1) is 28.4 Å². The molecule has 0 aliphatic rings. The van der Waals surface area contributed by atoms with Gasteiger partial charge in [-0.15, -0.1) is 11.8 Å². The van der Waals surface area contributed by atoms with Crippen molar-refractivity contribution >= 4 is 45.0 Å². The average Bonchev–Trinajstić information content (AvgIpc) is 2.63. The van der Waals surface area contributed by atoms with Gasteiger partial charge in [-0.2, -0.15) is 0 Å². The molecular formula is C19H22N2O5S2. The number of anilines is 2. The normalized spacial score (nSPS) is 11.0. The van der Waals surface area contributed by atoms with E-state index in [0.29, 0.717) is 22.5 Å². The molecule has 0 spiro atoms. The fourth-order valence-electron chi connectivity index (χ4n) is 2.46. The highest BCUT2D eigenvalue weighted by molar-refractivity contribution is 7.98. The number of carbonyl (C=O) groups is 2. The lowest BCUT2D eigenvalue weighted by Gasteiger charge is -2.14. The van der Waals surface area contributed by atoms with Crippen LogP contribution < -0.4 is 10.0 Å². The Morgan fingerprint density at radius 3 is 2.39 bits per heavy atom. The van der Waals surface area contributed by atoms with E-state index in [1.54, 1.807) is 26.0 Å². The van der Waals surface area contributed by atoms with Crippen molar-refractivity contribution in [3.8, 4) is 0 Å². The number of aryl methyl sites for hydroxylation is 1. The molecule has 0 aliphatic heterocycles. The van der Waals surface area contributed by atoms with E-state index in [-0.39, 0.29) is 17.4 Å². The maximum Gasteiger partial charge on any atom is 0.338 e. The Morgan fingerprint density at radius 1 is 1.11 bits per heavy atom. The monoisotopic (exact) mass is 422 g/mol. The molecule has 9 heteroatoms. The van der Waals surface area contributed by atoms with Gasteiger partial charge >= 0.3 is 5.97 Å². The second-order valence-electron chi connectivity index (χ2n) is 5.90. The SMILES string of the molecule is CCOC(=O)c1ccc(NS(=O)(=O)c2ccc(SC)c(NC(C)=O)c2)c(C)c1. The van der Waals surface area contributed by atoms with Crippen LogP contribution in [0.5, 0.6) is 0 Å². The Morgan fingerprint density at radius 2 is 1.82 bits per heavy atom. The first-order chi connectivity index (χ1) is 13.2. The lowest BCUT2D eigenvalue weighted by atomic mass is 10.1. The van der Waals surface area contributed by atoms with E-state index in [9.17, 15) is 18.0 Å². The summed E-state index contributed by atoms with van der Waals surface area (Å²) in [6.45, 7) is 5.03. The van der Waals surface area contributed by atoms with E-state index < -0.39 is 16.0 Å². The van der Waals surface area contributed by atoms with Gasteiger partial charge in [0, 0.05) is 11.8 Å². The Labute approximate surface area is 168 Å². The van der Waals surface area contributed by atoms with Gasteiger partial charge in [0.1, 0.15) is 0 Å². The zero-order valence-electron chi connectivity index (χ0n) is 16.0. The van der Waals surface area contributed by atoms with E-state index in [0.717, 1.165) is 4.90 Å². The van der Waals surface area contributed by atoms with Crippen molar-refractivity contribution in [1.82, 2.24) is 0 Å². The topological polar surface area (TPSA) is 102 Å². The number of amides is 1. The van der Waals surface area contributed by atoms with E-state index in [4.69, 9.17) is 4.74 Å². The van der Waals surface area contributed by atoms with E-state index >= 15 is 0 Å². The molecule has 0 aliphatic carbocycles. The summed E-state index contributed by atoms with van der Waals surface area (Å²) >= 11 is 1.40. The van der Waals surface area contributed by atoms with Crippen molar-refractivity contribution in [3.05, 3.63) is 47.5 Å². The predicted octanol–water partition coefficient (Wildman–Crippen LogP) is 3.65. The molecule has 2 rings (SSSR count). The quantitative estimate of drug-likeness (QED) is 0.522. The second kappa shape index (κ2) is 9.11. The minimum Gasteiger partial charge on any atom is -0.462 e. The molecule has 2 aromatic rings. The molecule has 1 amide bonds. The van der Waals surface area contributed by atoms with Crippen LogP contribution in [0.2, 0.25) is 0 Å². The van der Waals surface area contributed by atoms with Crippen LogP contribution in [0.3, 0.4) is 0 Å². The maximum atomic E-state index is 12.8. The lowest BCUT2D eigenvalue weighted by molar-refractivity contribution is -0.114. The Bertz CT molecular complexity index is 1000. The van der Waals surface area contributed by atoms with Crippen LogP contribution in [0.4, 0.5) is 11.4 Å². The largest absolute Gasteiger partial charge is 0.462 e. The molecule has 0 aromatic heterocycles. The molecule has 28 heavy (non-hydrogen) atoms. The van der Waals surface area contributed by atoms with Gasteiger partial charge < -0.3 is 10.1 Å². The van der Waals surface area contributed by atoms with Crippen molar-refractivity contribution < 1.29 is 22.7 Å². The van der Waals surface area contributed by atoms with E-state index in [2.05, 4.69) is 10.0 Å². The van der Waals surface area contributed by atoms with Gasteiger partial charge in [-0.25, -0.2) is 13.2 Å². The van der Waals surface area contributed by atoms with Crippen molar-refractivity contribution in [2.24, 2.45) is 0 Å². The number of carbonyl (C=O) groups excluding carboxylic acids is 2. The van der Waals surface area contributed by atoms with Crippen LogP contribution in [-0.4, -0.2) is 33.2 Å². The molecule has 0 fully saturated rings. The first kappa shape index (κ1) is 21.8. The Hall–Kier alpha value is -2.52. The van der Waals surface area contributed by atoms with Crippen LogP contribution >= 0.6 is 11.8 Å². The molecule has 0 saturated carbocycles. The van der Waals surface area contributed by atoms with Gasteiger partial charge in [-0.1, -0.05) is 0 Å². The molecule has 0 bridgehead atoms.